The van der Waals surface area contributed by atoms with Gasteiger partial charge < -0.3 is 9.47 Å². The van der Waals surface area contributed by atoms with Crippen LogP contribution in [-0.2, 0) is 0 Å². The number of halogens is 1. The van der Waals surface area contributed by atoms with Gasteiger partial charge in [0.25, 0.3) is 0 Å². The SMILES string of the molecule is C=C(C#N)c1cc(OCC)cc(Br)c1OCC. The maximum absolute atomic E-state index is 8.93. The van der Waals surface area contributed by atoms with Crippen LogP contribution in [0.5, 0.6) is 11.5 Å². The monoisotopic (exact) mass is 295 g/mol. The Bertz CT molecular complexity index is 463. The van der Waals surface area contributed by atoms with E-state index in [0.717, 1.165) is 4.47 Å². The van der Waals surface area contributed by atoms with Crippen molar-refractivity contribution >= 4 is 21.5 Å². The van der Waals surface area contributed by atoms with Gasteiger partial charge in [-0.2, -0.15) is 5.26 Å². The molecule has 3 nitrogen and oxygen atoms in total. The molecule has 0 saturated carbocycles. The Morgan fingerprint density at radius 3 is 2.53 bits per heavy atom. The van der Waals surface area contributed by atoms with Crippen molar-refractivity contribution in [2.45, 2.75) is 13.8 Å². The number of ether oxygens (including phenoxy) is 2. The first kappa shape index (κ1) is 13.6. The first-order valence-corrected chi connectivity index (χ1v) is 6.11. The van der Waals surface area contributed by atoms with Crippen LogP contribution in [0.2, 0.25) is 0 Å². The summed E-state index contributed by atoms with van der Waals surface area (Å²) in [5.41, 5.74) is 1.02. The van der Waals surface area contributed by atoms with Gasteiger partial charge in [-0.15, -0.1) is 0 Å². The molecule has 0 N–H and O–H groups in total. The van der Waals surface area contributed by atoms with Gasteiger partial charge in [0.05, 0.1) is 29.3 Å². The summed E-state index contributed by atoms with van der Waals surface area (Å²) >= 11 is 3.41. The van der Waals surface area contributed by atoms with Gasteiger partial charge in [-0.3, -0.25) is 0 Å². The average molecular weight is 296 g/mol. The van der Waals surface area contributed by atoms with Crippen molar-refractivity contribution in [3.05, 3.63) is 28.7 Å². The van der Waals surface area contributed by atoms with E-state index in [-0.39, 0.29) is 0 Å². The van der Waals surface area contributed by atoms with Gasteiger partial charge in [-0.05, 0) is 41.9 Å². The number of hydrogen-bond donors (Lipinski definition) is 0. The zero-order valence-corrected chi connectivity index (χ0v) is 11.5. The highest BCUT2D eigenvalue weighted by Crippen LogP contribution is 2.37. The van der Waals surface area contributed by atoms with Gasteiger partial charge in [0.2, 0.25) is 0 Å². The summed E-state index contributed by atoms with van der Waals surface area (Å²) in [7, 11) is 0. The summed E-state index contributed by atoms with van der Waals surface area (Å²) in [5, 5.41) is 8.93. The van der Waals surface area contributed by atoms with Gasteiger partial charge in [0.1, 0.15) is 11.5 Å². The molecule has 0 aromatic heterocycles. The van der Waals surface area contributed by atoms with E-state index in [0.29, 0.717) is 35.8 Å². The van der Waals surface area contributed by atoms with Crippen LogP contribution >= 0.6 is 15.9 Å². The van der Waals surface area contributed by atoms with Crippen molar-refractivity contribution in [2.75, 3.05) is 13.2 Å². The van der Waals surface area contributed by atoms with E-state index >= 15 is 0 Å². The van der Waals surface area contributed by atoms with E-state index in [1.165, 1.54) is 0 Å². The molecule has 90 valence electrons. The predicted molar refractivity (Wildman–Crippen MR) is 71.1 cm³/mol. The van der Waals surface area contributed by atoms with Crippen molar-refractivity contribution in [1.82, 2.24) is 0 Å². The number of hydrogen-bond acceptors (Lipinski definition) is 3. The molecule has 0 spiro atoms. The minimum atomic E-state index is 0.357. The summed E-state index contributed by atoms with van der Waals surface area (Å²) in [6.07, 6.45) is 0. The molecule has 0 atom stereocenters. The van der Waals surface area contributed by atoms with Crippen LogP contribution in [0.3, 0.4) is 0 Å². The maximum atomic E-state index is 8.93. The molecule has 0 fully saturated rings. The zero-order chi connectivity index (χ0) is 12.8. The van der Waals surface area contributed by atoms with E-state index in [1.54, 1.807) is 6.07 Å². The minimum Gasteiger partial charge on any atom is -0.494 e. The third-order valence-corrected chi connectivity index (χ3v) is 2.67. The normalized spacial score (nSPS) is 9.53. The molecular formula is C13H14BrNO2. The topological polar surface area (TPSA) is 42.2 Å². The van der Waals surface area contributed by atoms with Gasteiger partial charge >= 0.3 is 0 Å². The Morgan fingerprint density at radius 1 is 1.35 bits per heavy atom. The molecule has 0 radical (unpaired) electrons. The Labute approximate surface area is 110 Å². The standard InChI is InChI=1S/C13H14BrNO2/c1-4-16-10-6-11(9(3)8-15)13(17-5-2)12(14)7-10/h6-7H,3-5H2,1-2H3. The lowest BCUT2D eigenvalue weighted by Gasteiger charge is -2.13. The number of nitrogens with zero attached hydrogens (tertiary/aromatic N) is 1. The van der Waals surface area contributed by atoms with E-state index < -0.39 is 0 Å². The van der Waals surface area contributed by atoms with Gasteiger partial charge in [0, 0.05) is 5.56 Å². The number of nitriles is 1. The molecule has 0 saturated heterocycles. The molecule has 0 heterocycles. The second-order valence-corrected chi connectivity index (χ2v) is 4.09. The lowest BCUT2D eigenvalue weighted by Crippen LogP contribution is -1.99. The lowest BCUT2D eigenvalue weighted by atomic mass is 10.1. The van der Waals surface area contributed by atoms with Crippen LogP contribution < -0.4 is 9.47 Å². The van der Waals surface area contributed by atoms with Crippen molar-refractivity contribution in [1.29, 1.82) is 5.26 Å². The molecule has 0 aliphatic heterocycles. The van der Waals surface area contributed by atoms with Crippen molar-refractivity contribution in [3.8, 4) is 17.6 Å². The molecule has 0 unspecified atom stereocenters. The van der Waals surface area contributed by atoms with Crippen LogP contribution in [-0.4, -0.2) is 13.2 Å². The molecule has 4 heteroatoms. The molecule has 1 aromatic carbocycles. The summed E-state index contributed by atoms with van der Waals surface area (Å²) in [6.45, 7) is 8.60. The van der Waals surface area contributed by atoms with Crippen LogP contribution in [0.25, 0.3) is 5.57 Å². The Hall–Kier alpha value is -1.47. The maximum Gasteiger partial charge on any atom is 0.142 e. The minimum absolute atomic E-state index is 0.357. The molecular weight excluding hydrogens is 282 g/mol. The quantitative estimate of drug-likeness (QED) is 0.776. The molecule has 0 amide bonds. The van der Waals surface area contributed by atoms with Crippen LogP contribution in [0.15, 0.2) is 23.2 Å². The van der Waals surface area contributed by atoms with E-state index in [9.17, 15) is 0 Å². The Morgan fingerprint density at radius 2 is 2.00 bits per heavy atom. The highest BCUT2D eigenvalue weighted by molar-refractivity contribution is 9.10. The van der Waals surface area contributed by atoms with Gasteiger partial charge in [-0.1, -0.05) is 6.58 Å². The molecule has 0 aliphatic carbocycles. The van der Waals surface area contributed by atoms with Crippen LogP contribution in [0.4, 0.5) is 0 Å². The first-order valence-electron chi connectivity index (χ1n) is 5.32. The Balaban J connectivity index is 3.29. The molecule has 0 aliphatic rings. The number of allylic oxidation sites excluding steroid dienone is 1. The number of benzene rings is 1. The third kappa shape index (κ3) is 3.24. The molecule has 0 bridgehead atoms. The van der Waals surface area contributed by atoms with Crippen molar-refractivity contribution < 1.29 is 9.47 Å². The van der Waals surface area contributed by atoms with Crippen molar-refractivity contribution in [3.63, 3.8) is 0 Å². The van der Waals surface area contributed by atoms with E-state index in [4.69, 9.17) is 14.7 Å². The molecule has 1 aromatic rings. The fourth-order valence-corrected chi connectivity index (χ4v) is 1.95. The van der Waals surface area contributed by atoms with E-state index in [2.05, 4.69) is 22.5 Å². The summed E-state index contributed by atoms with van der Waals surface area (Å²) in [4.78, 5) is 0. The lowest BCUT2D eigenvalue weighted by molar-refractivity contribution is 0.328. The highest BCUT2D eigenvalue weighted by Gasteiger charge is 2.13. The average Bonchev–Trinajstić information content (AvgIpc) is 2.31. The third-order valence-electron chi connectivity index (χ3n) is 2.08. The van der Waals surface area contributed by atoms with E-state index in [1.807, 2.05) is 26.0 Å². The Kier molecular flexibility index (Phi) is 5.05. The van der Waals surface area contributed by atoms with Crippen molar-refractivity contribution in [2.24, 2.45) is 0 Å². The summed E-state index contributed by atoms with van der Waals surface area (Å²) in [6, 6.07) is 5.62. The second-order valence-electron chi connectivity index (χ2n) is 3.24. The summed E-state index contributed by atoms with van der Waals surface area (Å²) < 4.78 is 11.7. The zero-order valence-electron chi connectivity index (χ0n) is 9.92. The smallest absolute Gasteiger partial charge is 0.142 e. The first-order chi connectivity index (χ1) is 8.13. The predicted octanol–water partition coefficient (Wildman–Crippen LogP) is 3.78. The number of rotatable bonds is 5. The highest BCUT2D eigenvalue weighted by atomic mass is 79.9. The molecule has 1 rings (SSSR count). The van der Waals surface area contributed by atoms with Gasteiger partial charge in [0.15, 0.2) is 0 Å². The fourth-order valence-electron chi connectivity index (χ4n) is 1.39. The van der Waals surface area contributed by atoms with Crippen LogP contribution in [0, 0.1) is 11.3 Å². The fraction of sp³-hybridized carbons (Fsp3) is 0.308. The summed E-state index contributed by atoms with van der Waals surface area (Å²) in [5.74, 6) is 1.32. The van der Waals surface area contributed by atoms with Crippen LogP contribution in [0.1, 0.15) is 19.4 Å². The van der Waals surface area contributed by atoms with Gasteiger partial charge in [-0.25, -0.2) is 0 Å². The molecule has 17 heavy (non-hydrogen) atoms. The largest absolute Gasteiger partial charge is 0.494 e. The second kappa shape index (κ2) is 6.31.